The van der Waals surface area contributed by atoms with E-state index in [4.69, 9.17) is 4.74 Å². The third-order valence-corrected chi connectivity index (χ3v) is 4.68. The summed E-state index contributed by atoms with van der Waals surface area (Å²) in [5, 5.41) is 9.48. The van der Waals surface area contributed by atoms with Gasteiger partial charge in [-0.3, -0.25) is 0 Å². The van der Waals surface area contributed by atoms with E-state index in [1.807, 2.05) is 24.3 Å². The maximum Gasteiger partial charge on any atom is 0.124 e. The lowest BCUT2D eigenvalue weighted by Crippen LogP contribution is -2.21. The number of hydrogen-bond acceptors (Lipinski definition) is 2. The van der Waals surface area contributed by atoms with Crippen molar-refractivity contribution in [1.82, 2.24) is 0 Å². The van der Waals surface area contributed by atoms with Crippen molar-refractivity contribution >= 4 is 0 Å². The summed E-state index contributed by atoms with van der Waals surface area (Å²) in [6, 6.07) is 27.1. The van der Waals surface area contributed by atoms with Crippen LogP contribution in [0, 0.1) is 0 Å². The molecule has 0 saturated heterocycles. The molecule has 0 amide bonds. The fraction of sp³-hybridized carbons (Fsp3) is 0.182. The van der Waals surface area contributed by atoms with Crippen LogP contribution in [0.4, 0.5) is 0 Å². The maximum absolute atomic E-state index is 9.48. The standard InChI is InChI=1S/C22H20O2/c23-15-14-20-21(17-10-5-2-6-11-17)22-18(12-7-13-19(22)24-20)16-8-3-1-4-9-16/h1-13,20-21,23H,14-15H2. The first-order valence-electron chi connectivity index (χ1n) is 8.39. The molecule has 0 spiro atoms. The van der Waals surface area contributed by atoms with Gasteiger partial charge in [0, 0.05) is 18.6 Å². The zero-order valence-electron chi connectivity index (χ0n) is 13.4. The van der Waals surface area contributed by atoms with E-state index in [0.717, 1.165) is 5.75 Å². The molecule has 2 unspecified atom stereocenters. The quantitative estimate of drug-likeness (QED) is 0.760. The molecule has 24 heavy (non-hydrogen) atoms. The van der Waals surface area contributed by atoms with Gasteiger partial charge in [-0.1, -0.05) is 72.8 Å². The molecule has 120 valence electrons. The molecular formula is C22H20O2. The van der Waals surface area contributed by atoms with E-state index in [9.17, 15) is 5.11 Å². The number of benzene rings is 3. The van der Waals surface area contributed by atoms with Crippen molar-refractivity contribution in [3.63, 3.8) is 0 Å². The van der Waals surface area contributed by atoms with Crippen LogP contribution in [0.2, 0.25) is 0 Å². The maximum atomic E-state index is 9.48. The lowest BCUT2D eigenvalue weighted by Gasteiger charge is -2.20. The van der Waals surface area contributed by atoms with Gasteiger partial charge in [-0.2, -0.15) is 0 Å². The first-order valence-corrected chi connectivity index (χ1v) is 8.39. The lowest BCUT2D eigenvalue weighted by molar-refractivity contribution is 0.164. The summed E-state index contributed by atoms with van der Waals surface area (Å²) in [5.41, 5.74) is 4.87. The molecule has 1 heterocycles. The highest BCUT2D eigenvalue weighted by atomic mass is 16.5. The van der Waals surface area contributed by atoms with Crippen molar-refractivity contribution in [1.29, 1.82) is 0 Å². The van der Waals surface area contributed by atoms with E-state index in [-0.39, 0.29) is 18.6 Å². The summed E-state index contributed by atoms with van der Waals surface area (Å²) in [4.78, 5) is 0. The Bertz CT molecular complexity index is 812. The molecule has 0 aromatic heterocycles. The molecule has 0 saturated carbocycles. The molecule has 3 aromatic rings. The van der Waals surface area contributed by atoms with Gasteiger partial charge in [0.15, 0.2) is 0 Å². The highest BCUT2D eigenvalue weighted by Gasteiger charge is 2.37. The highest BCUT2D eigenvalue weighted by Crippen LogP contribution is 2.47. The Balaban J connectivity index is 1.88. The van der Waals surface area contributed by atoms with Gasteiger partial charge in [-0.25, -0.2) is 0 Å². The average Bonchev–Trinajstić information content (AvgIpc) is 3.01. The van der Waals surface area contributed by atoms with E-state index in [2.05, 4.69) is 54.6 Å². The van der Waals surface area contributed by atoms with Crippen LogP contribution >= 0.6 is 0 Å². The first kappa shape index (κ1) is 15.0. The van der Waals surface area contributed by atoms with Gasteiger partial charge in [0.05, 0.1) is 5.92 Å². The van der Waals surface area contributed by atoms with E-state index < -0.39 is 0 Å². The van der Waals surface area contributed by atoms with Crippen LogP contribution in [0.15, 0.2) is 78.9 Å². The molecule has 1 aliphatic heterocycles. The Labute approximate surface area is 142 Å². The second-order valence-electron chi connectivity index (χ2n) is 6.14. The van der Waals surface area contributed by atoms with Crippen LogP contribution in [0.1, 0.15) is 23.5 Å². The van der Waals surface area contributed by atoms with Crippen LogP contribution < -0.4 is 4.74 Å². The molecule has 3 aromatic carbocycles. The lowest BCUT2D eigenvalue weighted by atomic mass is 9.83. The summed E-state index contributed by atoms with van der Waals surface area (Å²) in [6.45, 7) is 0.128. The SMILES string of the molecule is OCCC1Oc2cccc(-c3ccccc3)c2C1c1ccccc1. The van der Waals surface area contributed by atoms with Crippen molar-refractivity contribution in [3.8, 4) is 16.9 Å². The highest BCUT2D eigenvalue weighted by molar-refractivity contribution is 5.73. The molecule has 1 N–H and O–H groups in total. The van der Waals surface area contributed by atoms with Crippen LogP contribution in [-0.2, 0) is 0 Å². The van der Waals surface area contributed by atoms with Crippen LogP contribution in [0.5, 0.6) is 5.75 Å². The van der Waals surface area contributed by atoms with E-state index >= 15 is 0 Å². The second-order valence-corrected chi connectivity index (χ2v) is 6.14. The van der Waals surface area contributed by atoms with Crippen molar-refractivity contribution in [2.24, 2.45) is 0 Å². The summed E-state index contributed by atoms with van der Waals surface area (Å²) in [5.74, 6) is 1.08. The minimum Gasteiger partial charge on any atom is -0.489 e. The molecular weight excluding hydrogens is 296 g/mol. The Morgan fingerprint density at radius 2 is 1.50 bits per heavy atom. The van der Waals surface area contributed by atoms with Crippen LogP contribution in [0.25, 0.3) is 11.1 Å². The summed E-state index contributed by atoms with van der Waals surface area (Å²) >= 11 is 0. The molecule has 2 atom stereocenters. The number of aliphatic hydroxyl groups is 1. The Hall–Kier alpha value is -2.58. The molecule has 1 aliphatic rings. The molecule has 0 bridgehead atoms. The van der Waals surface area contributed by atoms with Crippen LogP contribution in [0.3, 0.4) is 0 Å². The minimum absolute atomic E-state index is 0.0303. The zero-order chi connectivity index (χ0) is 16.4. The van der Waals surface area contributed by atoms with Gasteiger partial charge in [0.25, 0.3) is 0 Å². The molecule has 0 aliphatic carbocycles. The van der Waals surface area contributed by atoms with Gasteiger partial charge in [-0.05, 0) is 22.8 Å². The number of hydrogen-bond donors (Lipinski definition) is 1. The zero-order valence-corrected chi connectivity index (χ0v) is 13.4. The molecule has 0 fully saturated rings. The summed E-state index contributed by atoms with van der Waals surface area (Å²) in [7, 11) is 0. The van der Waals surface area contributed by atoms with E-state index in [1.165, 1.54) is 22.3 Å². The van der Waals surface area contributed by atoms with Crippen molar-refractivity contribution in [3.05, 3.63) is 90.0 Å². The summed E-state index contributed by atoms with van der Waals surface area (Å²) < 4.78 is 6.22. The normalized spacial score (nSPS) is 18.9. The monoisotopic (exact) mass is 316 g/mol. The van der Waals surface area contributed by atoms with Crippen LogP contribution in [-0.4, -0.2) is 17.8 Å². The third kappa shape index (κ3) is 2.59. The second kappa shape index (κ2) is 6.50. The fourth-order valence-corrected chi connectivity index (χ4v) is 3.65. The van der Waals surface area contributed by atoms with Crippen molar-refractivity contribution in [2.45, 2.75) is 18.4 Å². The molecule has 2 nitrogen and oxygen atoms in total. The Kier molecular flexibility index (Phi) is 4.06. The minimum atomic E-state index is -0.0303. The largest absolute Gasteiger partial charge is 0.489 e. The van der Waals surface area contributed by atoms with E-state index in [1.54, 1.807) is 0 Å². The number of fused-ring (bicyclic) bond motifs is 1. The number of rotatable bonds is 4. The molecule has 4 rings (SSSR count). The number of ether oxygens (including phenoxy) is 1. The first-order chi connectivity index (χ1) is 11.9. The Morgan fingerprint density at radius 3 is 2.21 bits per heavy atom. The third-order valence-electron chi connectivity index (χ3n) is 4.68. The fourth-order valence-electron chi connectivity index (χ4n) is 3.65. The van der Waals surface area contributed by atoms with Crippen molar-refractivity contribution < 1.29 is 9.84 Å². The van der Waals surface area contributed by atoms with Crippen molar-refractivity contribution in [2.75, 3.05) is 6.61 Å². The number of aliphatic hydroxyl groups excluding tert-OH is 1. The molecule has 2 heteroatoms. The van der Waals surface area contributed by atoms with Gasteiger partial charge < -0.3 is 9.84 Å². The molecule has 0 radical (unpaired) electrons. The van der Waals surface area contributed by atoms with E-state index in [0.29, 0.717) is 6.42 Å². The van der Waals surface area contributed by atoms with Gasteiger partial charge in [0.2, 0.25) is 0 Å². The average molecular weight is 316 g/mol. The van der Waals surface area contributed by atoms with Gasteiger partial charge in [-0.15, -0.1) is 0 Å². The van der Waals surface area contributed by atoms with Gasteiger partial charge in [0.1, 0.15) is 11.9 Å². The smallest absolute Gasteiger partial charge is 0.124 e. The Morgan fingerprint density at radius 1 is 0.792 bits per heavy atom. The predicted octanol–water partition coefficient (Wildman–Crippen LogP) is 4.63. The topological polar surface area (TPSA) is 29.5 Å². The summed E-state index contributed by atoms with van der Waals surface area (Å²) in [6.07, 6.45) is 0.597. The predicted molar refractivity (Wildman–Crippen MR) is 96.3 cm³/mol. The van der Waals surface area contributed by atoms with Gasteiger partial charge >= 0.3 is 0 Å².